The van der Waals surface area contributed by atoms with Crippen molar-refractivity contribution in [3.05, 3.63) is 71.8 Å². The van der Waals surface area contributed by atoms with Gasteiger partial charge in [-0.25, -0.2) is 4.98 Å². The first kappa shape index (κ1) is 18.9. The fraction of sp³-hybridized carbons (Fsp3) is 0.273. The van der Waals surface area contributed by atoms with Crippen molar-refractivity contribution in [2.45, 2.75) is 32.9 Å². The molecule has 2 aromatic heterocycles. The van der Waals surface area contributed by atoms with Gasteiger partial charge in [0.2, 0.25) is 5.91 Å². The van der Waals surface area contributed by atoms with Crippen LogP contribution in [0.15, 0.2) is 54.9 Å². The number of aromatic nitrogens is 2. The SMILES string of the molecule is CC(C)CC(C(=O)NCc1ncc2ccccn12)N1C(=O)c2ccccc2C1=O. The summed E-state index contributed by atoms with van der Waals surface area (Å²) in [5.74, 6) is -0.391. The van der Waals surface area contributed by atoms with Crippen LogP contribution in [0.1, 0.15) is 46.8 Å². The molecule has 0 radical (unpaired) electrons. The van der Waals surface area contributed by atoms with Gasteiger partial charge in [0, 0.05) is 6.20 Å². The molecule has 148 valence electrons. The molecule has 3 amide bonds. The van der Waals surface area contributed by atoms with Gasteiger partial charge in [-0.05, 0) is 36.6 Å². The standard InChI is InChI=1S/C22H22N4O3/c1-14(2)11-18(26-21(28)16-8-3-4-9-17(16)22(26)29)20(27)24-13-19-23-12-15-7-5-6-10-25(15)19/h3-10,12,14,18H,11,13H2,1-2H3,(H,24,27). The number of amides is 3. The molecule has 1 aliphatic heterocycles. The van der Waals surface area contributed by atoms with E-state index < -0.39 is 17.9 Å². The van der Waals surface area contributed by atoms with Crippen LogP contribution in [0, 0.1) is 5.92 Å². The van der Waals surface area contributed by atoms with Crippen LogP contribution in [0.25, 0.3) is 5.52 Å². The Balaban J connectivity index is 1.56. The van der Waals surface area contributed by atoms with Crippen LogP contribution in [0.3, 0.4) is 0 Å². The maximum Gasteiger partial charge on any atom is 0.262 e. The second kappa shape index (κ2) is 7.50. The van der Waals surface area contributed by atoms with Crippen LogP contribution < -0.4 is 5.32 Å². The summed E-state index contributed by atoms with van der Waals surface area (Å²) >= 11 is 0. The summed E-state index contributed by atoms with van der Waals surface area (Å²) in [5.41, 5.74) is 1.62. The van der Waals surface area contributed by atoms with Gasteiger partial charge >= 0.3 is 0 Å². The van der Waals surface area contributed by atoms with Crippen LogP contribution in [-0.4, -0.2) is 38.0 Å². The third-order valence-electron chi connectivity index (χ3n) is 5.07. The summed E-state index contributed by atoms with van der Waals surface area (Å²) in [4.78, 5) is 44.2. The van der Waals surface area contributed by atoms with Gasteiger partial charge in [-0.1, -0.05) is 32.0 Å². The smallest absolute Gasteiger partial charge is 0.262 e. The molecular weight excluding hydrogens is 368 g/mol. The van der Waals surface area contributed by atoms with Crippen molar-refractivity contribution < 1.29 is 14.4 Å². The second-order valence-corrected chi connectivity index (χ2v) is 7.56. The minimum Gasteiger partial charge on any atom is -0.347 e. The molecule has 0 fully saturated rings. The van der Waals surface area contributed by atoms with Gasteiger partial charge in [-0.3, -0.25) is 19.3 Å². The second-order valence-electron chi connectivity index (χ2n) is 7.56. The molecule has 1 N–H and O–H groups in total. The Morgan fingerprint density at radius 1 is 1.03 bits per heavy atom. The number of nitrogens with one attached hydrogen (secondary N) is 1. The molecule has 1 aromatic carbocycles. The lowest BCUT2D eigenvalue weighted by Crippen LogP contribution is -2.50. The van der Waals surface area contributed by atoms with Gasteiger partial charge in [0.25, 0.3) is 11.8 Å². The third kappa shape index (κ3) is 3.40. The highest BCUT2D eigenvalue weighted by Gasteiger charge is 2.42. The van der Waals surface area contributed by atoms with Crippen molar-refractivity contribution in [3.63, 3.8) is 0 Å². The van der Waals surface area contributed by atoms with Crippen molar-refractivity contribution in [1.29, 1.82) is 0 Å². The summed E-state index contributed by atoms with van der Waals surface area (Å²) < 4.78 is 1.89. The average molecular weight is 390 g/mol. The lowest BCUT2D eigenvalue weighted by molar-refractivity contribution is -0.125. The molecule has 1 atom stereocenters. The molecule has 1 unspecified atom stereocenters. The van der Waals surface area contributed by atoms with E-state index in [1.807, 2.05) is 42.6 Å². The van der Waals surface area contributed by atoms with E-state index in [4.69, 9.17) is 0 Å². The fourth-order valence-corrected chi connectivity index (χ4v) is 3.68. The first-order valence-electron chi connectivity index (χ1n) is 9.63. The molecule has 7 heteroatoms. The number of benzene rings is 1. The zero-order chi connectivity index (χ0) is 20.5. The van der Waals surface area contributed by atoms with Gasteiger partial charge < -0.3 is 9.72 Å². The van der Waals surface area contributed by atoms with Gasteiger partial charge in [-0.15, -0.1) is 0 Å². The molecule has 1 aliphatic rings. The molecule has 0 aliphatic carbocycles. The van der Waals surface area contributed by atoms with Crippen molar-refractivity contribution in [2.24, 2.45) is 5.92 Å². The topological polar surface area (TPSA) is 83.8 Å². The summed E-state index contributed by atoms with van der Waals surface area (Å²) in [6, 6.07) is 11.5. The molecule has 0 saturated carbocycles. The average Bonchev–Trinajstić information content (AvgIpc) is 3.24. The van der Waals surface area contributed by atoms with Crippen molar-refractivity contribution in [1.82, 2.24) is 19.6 Å². The Labute approximate surface area is 168 Å². The highest BCUT2D eigenvalue weighted by Crippen LogP contribution is 2.27. The van der Waals surface area contributed by atoms with E-state index in [1.165, 1.54) is 0 Å². The minimum atomic E-state index is -0.867. The molecule has 29 heavy (non-hydrogen) atoms. The van der Waals surface area contributed by atoms with E-state index in [0.29, 0.717) is 23.4 Å². The number of hydrogen-bond donors (Lipinski definition) is 1. The predicted molar refractivity (Wildman–Crippen MR) is 107 cm³/mol. The van der Waals surface area contributed by atoms with E-state index in [0.717, 1.165) is 10.4 Å². The van der Waals surface area contributed by atoms with Crippen LogP contribution in [0.4, 0.5) is 0 Å². The Morgan fingerprint density at radius 3 is 2.34 bits per heavy atom. The maximum absolute atomic E-state index is 13.0. The fourth-order valence-electron chi connectivity index (χ4n) is 3.68. The van der Waals surface area contributed by atoms with Crippen LogP contribution >= 0.6 is 0 Å². The third-order valence-corrected chi connectivity index (χ3v) is 5.07. The minimum absolute atomic E-state index is 0.127. The Hall–Kier alpha value is -3.48. The molecular formula is C22H22N4O3. The molecule has 3 aromatic rings. The highest BCUT2D eigenvalue weighted by atomic mass is 16.2. The number of nitrogens with zero attached hydrogens (tertiary/aromatic N) is 3. The lowest BCUT2D eigenvalue weighted by Gasteiger charge is -2.26. The molecule has 0 saturated heterocycles. The Bertz CT molecular complexity index is 1070. The van der Waals surface area contributed by atoms with Gasteiger partial charge in [0.1, 0.15) is 11.9 Å². The number of carbonyl (C=O) groups excluding carboxylic acids is 3. The van der Waals surface area contributed by atoms with E-state index in [1.54, 1.807) is 30.5 Å². The van der Waals surface area contributed by atoms with E-state index in [2.05, 4.69) is 10.3 Å². The number of rotatable bonds is 6. The van der Waals surface area contributed by atoms with Crippen molar-refractivity contribution in [2.75, 3.05) is 0 Å². The number of hydrogen-bond acceptors (Lipinski definition) is 4. The molecule has 4 rings (SSSR count). The number of pyridine rings is 1. The van der Waals surface area contributed by atoms with Gasteiger partial charge in [-0.2, -0.15) is 0 Å². The maximum atomic E-state index is 13.0. The molecule has 0 bridgehead atoms. The van der Waals surface area contributed by atoms with Crippen LogP contribution in [0.2, 0.25) is 0 Å². The number of imide groups is 1. The largest absolute Gasteiger partial charge is 0.347 e. The number of imidazole rings is 1. The van der Waals surface area contributed by atoms with E-state index >= 15 is 0 Å². The quantitative estimate of drug-likeness (QED) is 0.656. The van der Waals surface area contributed by atoms with Crippen LogP contribution in [0.5, 0.6) is 0 Å². The van der Waals surface area contributed by atoms with Crippen molar-refractivity contribution in [3.8, 4) is 0 Å². The van der Waals surface area contributed by atoms with Crippen molar-refractivity contribution >= 4 is 23.2 Å². The number of carbonyl (C=O) groups is 3. The lowest BCUT2D eigenvalue weighted by atomic mass is 10.0. The Morgan fingerprint density at radius 2 is 1.69 bits per heavy atom. The van der Waals surface area contributed by atoms with Gasteiger partial charge in [0.05, 0.1) is 29.4 Å². The first-order chi connectivity index (χ1) is 14.0. The molecule has 0 spiro atoms. The zero-order valence-corrected chi connectivity index (χ0v) is 16.3. The van der Waals surface area contributed by atoms with Gasteiger partial charge in [0.15, 0.2) is 0 Å². The monoisotopic (exact) mass is 390 g/mol. The van der Waals surface area contributed by atoms with E-state index in [-0.39, 0.29) is 18.4 Å². The zero-order valence-electron chi connectivity index (χ0n) is 16.3. The predicted octanol–water partition coefficient (Wildman–Crippen LogP) is 2.66. The summed E-state index contributed by atoms with van der Waals surface area (Å²) in [5, 5.41) is 2.86. The molecule has 3 heterocycles. The first-order valence-corrected chi connectivity index (χ1v) is 9.63. The highest BCUT2D eigenvalue weighted by molar-refractivity contribution is 6.22. The summed E-state index contributed by atoms with van der Waals surface area (Å²) in [7, 11) is 0. The van der Waals surface area contributed by atoms with Crippen LogP contribution in [-0.2, 0) is 11.3 Å². The normalized spacial score (nSPS) is 14.5. The number of fused-ring (bicyclic) bond motifs is 2. The van der Waals surface area contributed by atoms with E-state index in [9.17, 15) is 14.4 Å². The molecule has 7 nitrogen and oxygen atoms in total. The Kier molecular flexibility index (Phi) is 4.88. The summed E-state index contributed by atoms with van der Waals surface area (Å²) in [6.45, 7) is 4.12. The summed E-state index contributed by atoms with van der Waals surface area (Å²) in [6.07, 6.45) is 4.00.